The van der Waals surface area contributed by atoms with Gasteiger partial charge in [-0.05, 0) is 70.8 Å². The van der Waals surface area contributed by atoms with Gasteiger partial charge in [-0.1, -0.05) is 194 Å². The Morgan fingerprint density at radius 3 is 1.53 bits per heavy atom. The molecule has 0 saturated heterocycles. The Bertz CT molecular complexity index is 3910. The zero-order valence-corrected chi connectivity index (χ0v) is 37.6. The third-order valence-corrected chi connectivity index (χ3v) is 14.3. The molecule has 0 aliphatic heterocycles. The predicted molar refractivity (Wildman–Crippen MR) is 285 cm³/mol. The van der Waals surface area contributed by atoms with Gasteiger partial charge in [0.05, 0.1) is 33.6 Å². The molecular formula is C63H40N4S. The molecule has 0 bridgehead atoms. The Kier molecular flexibility index (Phi) is 9.66. The van der Waals surface area contributed by atoms with Crippen LogP contribution in [0.5, 0.6) is 0 Å². The van der Waals surface area contributed by atoms with Crippen LogP contribution in [0.2, 0.25) is 0 Å². The SMILES string of the molecule is c1ccc(-c2cc(-c3cccc(-c4cccc(-c5sc6c(c(-c7ccccc7)nc7ccccc76)c5-c5cccc(-n6c7ccccc7c7ccccc76)c5)c4)c3)nc(-c3ccccc3)n2)cc1. The van der Waals surface area contributed by atoms with E-state index in [1.54, 1.807) is 0 Å². The van der Waals surface area contributed by atoms with Crippen LogP contribution < -0.4 is 0 Å². The van der Waals surface area contributed by atoms with Gasteiger partial charge in [0.2, 0.25) is 0 Å². The van der Waals surface area contributed by atoms with Crippen LogP contribution in [0.25, 0.3) is 126 Å². The van der Waals surface area contributed by atoms with Gasteiger partial charge >= 0.3 is 0 Å². The molecule has 4 nitrogen and oxygen atoms in total. The summed E-state index contributed by atoms with van der Waals surface area (Å²) in [6, 6.07) is 86.2. The number of hydrogen-bond acceptors (Lipinski definition) is 4. The van der Waals surface area contributed by atoms with Crippen molar-refractivity contribution in [3.05, 3.63) is 243 Å². The van der Waals surface area contributed by atoms with Gasteiger partial charge in [-0.3, -0.25) is 0 Å². The number of hydrogen-bond donors (Lipinski definition) is 0. The smallest absolute Gasteiger partial charge is 0.160 e. The third-order valence-electron chi connectivity index (χ3n) is 13.0. The lowest BCUT2D eigenvalue weighted by Crippen LogP contribution is -1.96. The van der Waals surface area contributed by atoms with Gasteiger partial charge in [-0.2, -0.15) is 0 Å². The molecule has 5 heteroatoms. The van der Waals surface area contributed by atoms with Crippen molar-refractivity contribution < 1.29 is 0 Å². The van der Waals surface area contributed by atoms with E-state index in [0.717, 1.165) is 83.6 Å². The summed E-state index contributed by atoms with van der Waals surface area (Å²) in [6.45, 7) is 0. The monoisotopic (exact) mass is 884 g/mol. The third kappa shape index (κ3) is 6.88. The lowest BCUT2D eigenvalue weighted by Gasteiger charge is -2.14. The molecule has 318 valence electrons. The predicted octanol–water partition coefficient (Wildman–Crippen LogP) is 17.0. The van der Waals surface area contributed by atoms with Crippen LogP contribution in [-0.2, 0) is 0 Å². The molecule has 13 aromatic rings. The highest BCUT2D eigenvalue weighted by molar-refractivity contribution is 7.24. The van der Waals surface area contributed by atoms with Gasteiger partial charge in [0, 0.05) is 64.6 Å². The molecular weight excluding hydrogens is 845 g/mol. The number of thiophene rings is 1. The van der Waals surface area contributed by atoms with E-state index < -0.39 is 0 Å². The highest BCUT2D eigenvalue weighted by Gasteiger charge is 2.24. The second kappa shape index (κ2) is 16.6. The average Bonchev–Trinajstić information content (AvgIpc) is 3.99. The van der Waals surface area contributed by atoms with Gasteiger partial charge in [-0.15, -0.1) is 11.3 Å². The average molecular weight is 885 g/mol. The molecule has 0 radical (unpaired) electrons. The molecule has 0 amide bonds. The number of pyridine rings is 1. The second-order valence-electron chi connectivity index (χ2n) is 17.1. The number of benzene rings is 9. The van der Waals surface area contributed by atoms with Crippen LogP contribution >= 0.6 is 11.3 Å². The minimum atomic E-state index is 0.700. The molecule has 0 aliphatic carbocycles. The molecule has 0 spiro atoms. The number of para-hydroxylation sites is 3. The highest BCUT2D eigenvalue weighted by Crippen LogP contribution is 2.51. The van der Waals surface area contributed by atoms with E-state index >= 15 is 0 Å². The van der Waals surface area contributed by atoms with Crippen molar-refractivity contribution in [3.8, 4) is 83.5 Å². The molecule has 4 aromatic heterocycles. The molecule has 13 rings (SSSR count). The van der Waals surface area contributed by atoms with Gasteiger partial charge < -0.3 is 4.57 Å². The Morgan fingerprint density at radius 1 is 0.338 bits per heavy atom. The number of rotatable bonds is 8. The summed E-state index contributed by atoms with van der Waals surface area (Å²) >= 11 is 1.86. The maximum Gasteiger partial charge on any atom is 0.160 e. The largest absolute Gasteiger partial charge is 0.309 e. The summed E-state index contributed by atoms with van der Waals surface area (Å²) in [4.78, 5) is 16.9. The molecule has 0 saturated carbocycles. The minimum absolute atomic E-state index is 0.700. The fourth-order valence-electron chi connectivity index (χ4n) is 9.84. The van der Waals surface area contributed by atoms with Gasteiger partial charge in [0.1, 0.15) is 0 Å². The zero-order valence-electron chi connectivity index (χ0n) is 36.8. The molecule has 9 aromatic carbocycles. The Morgan fingerprint density at radius 2 is 0.838 bits per heavy atom. The van der Waals surface area contributed by atoms with E-state index in [-0.39, 0.29) is 0 Å². The van der Waals surface area contributed by atoms with Gasteiger partial charge in [0.25, 0.3) is 0 Å². The van der Waals surface area contributed by atoms with Crippen molar-refractivity contribution in [2.75, 3.05) is 0 Å². The first-order chi connectivity index (χ1) is 33.7. The summed E-state index contributed by atoms with van der Waals surface area (Å²) < 4.78 is 3.63. The number of aromatic nitrogens is 4. The lowest BCUT2D eigenvalue weighted by molar-refractivity contribution is 1.18. The van der Waals surface area contributed by atoms with Crippen LogP contribution in [0.4, 0.5) is 0 Å². The number of fused-ring (bicyclic) bond motifs is 6. The molecule has 0 fully saturated rings. The standard InChI is InChI=1S/C63H40N4S/c1-4-19-41(20-5-1)54-40-55(66-63(65-54)43-23-8-3-9-24-43)46-27-16-25-44(37-46)45-26-17-29-48(38-45)61-58(59-60(42-21-6-2-7-22-42)64-53-34-13-10-33-52(53)62(59)68-61)47-28-18-30-49(39-47)67-56-35-14-11-31-50(56)51-32-12-15-36-57(51)67/h1-40H. The summed E-state index contributed by atoms with van der Waals surface area (Å²) in [6.07, 6.45) is 0. The zero-order chi connectivity index (χ0) is 45.0. The molecule has 4 heterocycles. The van der Waals surface area contributed by atoms with E-state index in [2.05, 4.69) is 223 Å². The van der Waals surface area contributed by atoms with Crippen LogP contribution in [0.15, 0.2) is 243 Å². The van der Waals surface area contributed by atoms with Crippen molar-refractivity contribution in [2.24, 2.45) is 0 Å². The topological polar surface area (TPSA) is 43.6 Å². The van der Waals surface area contributed by atoms with Crippen molar-refractivity contribution in [3.63, 3.8) is 0 Å². The Labute approximate surface area is 397 Å². The van der Waals surface area contributed by atoms with E-state index in [4.69, 9.17) is 15.0 Å². The van der Waals surface area contributed by atoms with Crippen LogP contribution in [0.1, 0.15) is 0 Å². The molecule has 0 atom stereocenters. The maximum atomic E-state index is 5.47. The summed E-state index contributed by atoms with van der Waals surface area (Å²) in [5, 5.41) is 4.79. The van der Waals surface area contributed by atoms with Crippen molar-refractivity contribution in [1.29, 1.82) is 0 Å². The van der Waals surface area contributed by atoms with Crippen molar-refractivity contribution in [1.82, 2.24) is 19.5 Å². The normalized spacial score (nSPS) is 11.5. The minimum Gasteiger partial charge on any atom is -0.309 e. The fourth-order valence-corrected chi connectivity index (χ4v) is 11.2. The quantitative estimate of drug-likeness (QED) is 0.153. The Balaban J connectivity index is 1.01. The van der Waals surface area contributed by atoms with Crippen LogP contribution in [0.3, 0.4) is 0 Å². The van der Waals surface area contributed by atoms with Crippen molar-refractivity contribution >= 4 is 54.1 Å². The molecule has 0 unspecified atom stereocenters. The second-order valence-corrected chi connectivity index (χ2v) is 18.2. The maximum absolute atomic E-state index is 5.47. The highest BCUT2D eigenvalue weighted by atomic mass is 32.1. The summed E-state index contributed by atoms with van der Waals surface area (Å²) in [7, 11) is 0. The van der Waals surface area contributed by atoms with E-state index in [0.29, 0.717) is 5.82 Å². The first-order valence-corrected chi connectivity index (χ1v) is 23.7. The fraction of sp³-hybridized carbons (Fsp3) is 0. The van der Waals surface area contributed by atoms with E-state index in [9.17, 15) is 0 Å². The first kappa shape index (κ1) is 39.6. The summed E-state index contributed by atoms with van der Waals surface area (Å²) in [5.41, 5.74) is 17.1. The first-order valence-electron chi connectivity index (χ1n) is 22.9. The number of nitrogens with zero attached hydrogens (tertiary/aromatic N) is 4. The van der Waals surface area contributed by atoms with E-state index in [1.807, 2.05) is 35.6 Å². The molecule has 0 aliphatic rings. The molecule has 0 N–H and O–H groups in total. The Hall–Kier alpha value is -8.77. The summed E-state index contributed by atoms with van der Waals surface area (Å²) in [5.74, 6) is 0.700. The lowest BCUT2D eigenvalue weighted by atomic mass is 9.93. The van der Waals surface area contributed by atoms with Crippen LogP contribution in [-0.4, -0.2) is 19.5 Å². The molecule has 68 heavy (non-hydrogen) atoms. The van der Waals surface area contributed by atoms with Gasteiger partial charge in [-0.25, -0.2) is 15.0 Å². The van der Waals surface area contributed by atoms with Gasteiger partial charge in [0.15, 0.2) is 5.82 Å². The van der Waals surface area contributed by atoms with E-state index in [1.165, 1.54) is 36.9 Å². The van der Waals surface area contributed by atoms with Crippen molar-refractivity contribution in [2.45, 2.75) is 0 Å². The van der Waals surface area contributed by atoms with Crippen LogP contribution in [0, 0.1) is 0 Å².